The molecule has 0 bridgehead atoms. The monoisotopic (exact) mass is 448 g/mol. The fraction of sp³-hybridized carbons (Fsp3) is 0.269. The van der Waals surface area contributed by atoms with Crippen LogP contribution < -0.4 is 10.2 Å². The molecule has 1 aliphatic heterocycles. The zero-order chi connectivity index (χ0) is 23.8. The highest BCUT2D eigenvalue weighted by Gasteiger charge is 2.48. The number of hydrogen-bond donors (Lipinski definition) is 1. The van der Waals surface area contributed by atoms with E-state index < -0.39 is 41.2 Å². The van der Waals surface area contributed by atoms with E-state index in [0.717, 1.165) is 10.8 Å². The van der Waals surface area contributed by atoms with Gasteiger partial charge in [0.25, 0.3) is 11.8 Å². The van der Waals surface area contributed by atoms with Crippen molar-refractivity contribution >= 4 is 34.2 Å². The fourth-order valence-corrected chi connectivity index (χ4v) is 3.93. The number of carbonyl (C=O) groups excluding carboxylic acids is 3. The maximum Gasteiger partial charge on any atom is 0.313 e. The van der Waals surface area contributed by atoms with Crippen LogP contribution in [0.4, 0.5) is 10.1 Å². The second-order valence-corrected chi connectivity index (χ2v) is 9.05. The second kappa shape index (κ2) is 8.65. The van der Waals surface area contributed by atoms with Gasteiger partial charge in [0, 0.05) is 12.1 Å². The average molecular weight is 448 g/mol. The molecular formula is C26H25FN2O4. The van der Waals surface area contributed by atoms with E-state index in [1.807, 2.05) is 30.3 Å². The highest BCUT2D eigenvalue weighted by molar-refractivity contribution is 6.07. The van der Waals surface area contributed by atoms with Crippen LogP contribution in [-0.2, 0) is 14.3 Å². The molecule has 0 unspecified atom stereocenters. The predicted molar refractivity (Wildman–Crippen MR) is 123 cm³/mol. The highest BCUT2D eigenvalue weighted by Crippen LogP contribution is 2.30. The quantitative estimate of drug-likeness (QED) is 0.611. The Kier molecular flexibility index (Phi) is 5.89. The van der Waals surface area contributed by atoms with Crippen LogP contribution in [0.1, 0.15) is 31.1 Å². The fourth-order valence-electron chi connectivity index (χ4n) is 3.93. The molecule has 0 spiro atoms. The molecule has 0 aromatic heterocycles. The Labute approximate surface area is 191 Å². The number of halogens is 1. The number of carbonyl (C=O) groups is 3. The van der Waals surface area contributed by atoms with E-state index in [9.17, 15) is 18.8 Å². The number of ether oxygens (including phenoxy) is 1. The number of para-hydroxylation sites is 1. The molecule has 3 aromatic carbocycles. The first-order valence-electron chi connectivity index (χ1n) is 10.7. The Bertz CT molecular complexity index is 1230. The number of fused-ring (bicyclic) bond motifs is 1. The van der Waals surface area contributed by atoms with Gasteiger partial charge >= 0.3 is 5.97 Å². The summed E-state index contributed by atoms with van der Waals surface area (Å²) in [6, 6.07) is 17.4. The molecule has 7 heteroatoms. The van der Waals surface area contributed by atoms with Gasteiger partial charge in [0.15, 0.2) is 0 Å². The van der Waals surface area contributed by atoms with E-state index in [-0.39, 0.29) is 12.2 Å². The molecule has 1 aliphatic rings. The van der Waals surface area contributed by atoms with Crippen molar-refractivity contribution in [3.8, 4) is 0 Å². The minimum atomic E-state index is -1.18. The maximum absolute atomic E-state index is 14.4. The lowest BCUT2D eigenvalue weighted by Crippen LogP contribution is -2.47. The summed E-state index contributed by atoms with van der Waals surface area (Å²) in [7, 11) is 0. The Morgan fingerprint density at radius 3 is 2.36 bits per heavy atom. The van der Waals surface area contributed by atoms with Crippen molar-refractivity contribution in [2.75, 3.05) is 11.4 Å². The van der Waals surface area contributed by atoms with Crippen LogP contribution in [0.2, 0.25) is 0 Å². The second-order valence-electron chi connectivity index (χ2n) is 9.05. The number of nitrogens with one attached hydrogen (secondary N) is 1. The third-order valence-corrected chi connectivity index (χ3v) is 5.46. The van der Waals surface area contributed by atoms with E-state index in [0.29, 0.717) is 5.56 Å². The van der Waals surface area contributed by atoms with E-state index in [2.05, 4.69) is 5.32 Å². The summed E-state index contributed by atoms with van der Waals surface area (Å²) in [5, 5.41) is 4.54. The van der Waals surface area contributed by atoms with Crippen molar-refractivity contribution < 1.29 is 23.5 Å². The van der Waals surface area contributed by atoms with E-state index in [1.54, 1.807) is 39.0 Å². The summed E-state index contributed by atoms with van der Waals surface area (Å²) >= 11 is 0. The molecule has 2 amide bonds. The van der Waals surface area contributed by atoms with Crippen molar-refractivity contribution in [2.24, 2.45) is 5.92 Å². The van der Waals surface area contributed by atoms with Gasteiger partial charge in [-0.3, -0.25) is 14.4 Å². The minimum absolute atomic E-state index is 0.0542. The predicted octanol–water partition coefficient (Wildman–Crippen LogP) is 4.08. The number of anilines is 1. The Balaban J connectivity index is 1.64. The van der Waals surface area contributed by atoms with Crippen LogP contribution in [-0.4, -0.2) is 36.0 Å². The highest BCUT2D eigenvalue weighted by atomic mass is 19.1. The molecule has 0 saturated carbocycles. The molecular weight excluding hydrogens is 423 g/mol. The van der Waals surface area contributed by atoms with Gasteiger partial charge in [-0.25, -0.2) is 4.39 Å². The van der Waals surface area contributed by atoms with Crippen LogP contribution in [0, 0.1) is 11.7 Å². The summed E-state index contributed by atoms with van der Waals surface area (Å²) in [6.07, 6.45) is 0. The molecule has 2 atom stereocenters. The lowest BCUT2D eigenvalue weighted by atomic mass is 10.0. The average Bonchev–Trinajstić information content (AvgIpc) is 3.08. The van der Waals surface area contributed by atoms with Gasteiger partial charge in [-0.2, -0.15) is 0 Å². The first kappa shape index (κ1) is 22.5. The molecule has 4 rings (SSSR count). The minimum Gasteiger partial charge on any atom is -0.460 e. The molecule has 33 heavy (non-hydrogen) atoms. The van der Waals surface area contributed by atoms with Crippen LogP contribution in [0.25, 0.3) is 10.8 Å². The molecule has 1 N–H and O–H groups in total. The topological polar surface area (TPSA) is 75.7 Å². The van der Waals surface area contributed by atoms with Gasteiger partial charge in [-0.05, 0) is 55.8 Å². The number of hydrogen-bond acceptors (Lipinski definition) is 4. The number of benzene rings is 3. The first-order valence-corrected chi connectivity index (χ1v) is 10.7. The maximum atomic E-state index is 14.4. The van der Waals surface area contributed by atoms with Crippen molar-refractivity contribution in [3.05, 3.63) is 78.1 Å². The Morgan fingerprint density at radius 1 is 1.00 bits per heavy atom. The molecule has 1 saturated heterocycles. The van der Waals surface area contributed by atoms with Gasteiger partial charge in [0.05, 0.1) is 5.69 Å². The van der Waals surface area contributed by atoms with Gasteiger partial charge in [-0.15, -0.1) is 0 Å². The summed E-state index contributed by atoms with van der Waals surface area (Å²) in [6.45, 7) is 5.06. The third kappa shape index (κ3) is 4.72. The molecule has 0 radical (unpaired) electrons. The summed E-state index contributed by atoms with van der Waals surface area (Å²) in [5.41, 5.74) is -0.370. The summed E-state index contributed by atoms with van der Waals surface area (Å²) in [4.78, 5) is 40.4. The van der Waals surface area contributed by atoms with Crippen LogP contribution >= 0.6 is 0 Å². The SMILES string of the molecule is CC(C)(C)OC(=O)[C@H]1CN(c2ccccc2F)C(=O)[C@H]1NC(=O)c1ccc2ccccc2c1. The smallest absolute Gasteiger partial charge is 0.313 e. The molecule has 0 aliphatic carbocycles. The van der Waals surface area contributed by atoms with Gasteiger partial charge < -0.3 is 15.0 Å². The van der Waals surface area contributed by atoms with Crippen LogP contribution in [0.3, 0.4) is 0 Å². The lowest BCUT2D eigenvalue weighted by molar-refractivity contribution is -0.160. The van der Waals surface area contributed by atoms with E-state index in [1.165, 1.54) is 23.1 Å². The van der Waals surface area contributed by atoms with Crippen LogP contribution in [0.15, 0.2) is 66.7 Å². The normalized spacial score (nSPS) is 18.4. The van der Waals surface area contributed by atoms with Gasteiger partial charge in [-0.1, -0.05) is 42.5 Å². The zero-order valence-electron chi connectivity index (χ0n) is 18.7. The third-order valence-electron chi connectivity index (χ3n) is 5.46. The van der Waals surface area contributed by atoms with Crippen LogP contribution in [0.5, 0.6) is 0 Å². The largest absolute Gasteiger partial charge is 0.460 e. The number of amides is 2. The van der Waals surface area contributed by atoms with Crippen molar-refractivity contribution in [1.29, 1.82) is 0 Å². The van der Waals surface area contributed by atoms with E-state index in [4.69, 9.17) is 4.74 Å². The molecule has 1 fully saturated rings. The van der Waals surface area contributed by atoms with Crippen molar-refractivity contribution in [2.45, 2.75) is 32.4 Å². The summed E-state index contributed by atoms with van der Waals surface area (Å²) in [5.74, 6) is -3.26. The molecule has 3 aromatic rings. The zero-order valence-corrected chi connectivity index (χ0v) is 18.7. The lowest BCUT2D eigenvalue weighted by Gasteiger charge is -2.24. The van der Waals surface area contributed by atoms with Crippen molar-refractivity contribution in [3.63, 3.8) is 0 Å². The van der Waals surface area contributed by atoms with E-state index >= 15 is 0 Å². The number of rotatable bonds is 4. The molecule has 1 heterocycles. The Hall–Kier alpha value is -3.74. The number of nitrogens with zero attached hydrogens (tertiary/aromatic N) is 1. The number of esters is 1. The summed E-state index contributed by atoms with van der Waals surface area (Å²) < 4.78 is 19.9. The molecule has 170 valence electrons. The van der Waals surface area contributed by atoms with Gasteiger partial charge in [0.2, 0.25) is 0 Å². The first-order chi connectivity index (χ1) is 15.6. The van der Waals surface area contributed by atoms with Crippen molar-refractivity contribution in [1.82, 2.24) is 5.32 Å². The molecule has 6 nitrogen and oxygen atoms in total. The Morgan fingerprint density at radius 2 is 1.67 bits per heavy atom. The van der Waals surface area contributed by atoms with Gasteiger partial charge in [0.1, 0.15) is 23.4 Å². The standard InChI is InChI=1S/C26H25FN2O4/c1-26(2,3)33-25(32)19-15-29(21-11-7-6-10-20(21)27)24(31)22(19)28-23(30)18-13-12-16-8-4-5-9-17(16)14-18/h4-14,19,22H,15H2,1-3H3,(H,28,30)/t19-,22-/m0/s1.